The fraction of sp³-hybridized carbons (Fsp3) is 0.500. The molecule has 1 aliphatic carbocycles. The highest BCUT2D eigenvalue weighted by atomic mass is 32.2. The van der Waals surface area contributed by atoms with Crippen LogP contribution in [-0.4, -0.2) is 26.3 Å². The number of benzene rings is 1. The summed E-state index contributed by atoms with van der Waals surface area (Å²) in [6, 6.07) is 7.27. The van der Waals surface area contributed by atoms with E-state index in [1.165, 1.54) is 19.1 Å². The van der Waals surface area contributed by atoms with Gasteiger partial charge in [0.15, 0.2) is 0 Å². The second-order valence-electron chi connectivity index (χ2n) is 6.56. The predicted octanol–water partition coefficient (Wildman–Crippen LogP) is 1.59. The van der Waals surface area contributed by atoms with E-state index >= 15 is 0 Å². The topological polar surface area (TPSA) is 116 Å². The van der Waals surface area contributed by atoms with Crippen molar-refractivity contribution in [3.8, 4) is 6.07 Å². The summed E-state index contributed by atoms with van der Waals surface area (Å²) in [5.41, 5.74) is 0.554. The van der Waals surface area contributed by atoms with Gasteiger partial charge in [-0.05, 0) is 31.4 Å². The summed E-state index contributed by atoms with van der Waals surface area (Å²) in [5.74, 6) is -1.59. The molecule has 8 heteroatoms. The van der Waals surface area contributed by atoms with Crippen molar-refractivity contribution < 1.29 is 18.0 Å². The number of nitriles is 1. The van der Waals surface area contributed by atoms with Crippen LogP contribution in [0.1, 0.15) is 50.2 Å². The third-order valence-corrected chi connectivity index (χ3v) is 5.67. The Morgan fingerprint density at radius 3 is 2.54 bits per heavy atom. The molecule has 0 aliphatic heterocycles. The molecular weight excluding hydrogens is 354 g/mol. The van der Waals surface area contributed by atoms with Crippen LogP contribution in [0.25, 0.3) is 0 Å². The second kappa shape index (κ2) is 8.81. The molecule has 0 saturated heterocycles. The minimum Gasteiger partial charge on any atom is -0.344 e. The van der Waals surface area contributed by atoms with Crippen LogP contribution in [0.15, 0.2) is 24.3 Å². The Labute approximate surface area is 153 Å². The highest BCUT2D eigenvalue weighted by molar-refractivity contribution is 7.89. The summed E-state index contributed by atoms with van der Waals surface area (Å²) in [7, 11) is -3.97. The predicted molar refractivity (Wildman–Crippen MR) is 96.1 cm³/mol. The average molecular weight is 377 g/mol. The van der Waals surface area contributed by atoms with Crippen molar-refractivity contribution in [1.82, 2.24) is 10.0 Å². The minimum atomic E-state index is -3.97. The van der Waals surface area contributed by atoms with E-state index in [1.807, 2.05) is 10.8 Å². The van der Waals surface area contributed by atoms with Crippen LogP contribution >= 0.6 is 0 Å². The maximum atomic E-state index is 12.2. The molecule has 1 saturated carbocycles. The number of rotatable bonds is 6. The van der Waals surface area contributed by atoms with Gasteiger partial charge in [-0.3, -0.25) is 14.3 Å². The molecule has 7 nitrogen and oxygen atoms in total. The first-order valence-corrected chi connectivity index (χ1v) is 10.3. The molecule has 1 aromatic carbocycles. The van der Waals surface area contributed by atoms with E-state index in [9.17, 15) is 18.0 Å². The molecule has 0 radical (unpaired) electrons. The van der Waals surface area contributed by atoms with Crippen LogP contribution in [0.3, 0.4) is 0 Å². The van der Waals surface area contributed by atoms with E-state index in [2.05, 4.69) is 5.32 Å². The van der Waals surface area contributed by atoms with Gasteiger partial charge in [0.25, 0.3) is 5.91 Å². The summed E-state index contributed by atoms with van der Waals surface area (Å²) >= 11 is 0. The largest absolute Gasteiger partial charge is 0.344 e. The normalized spacial score (nSPS) is 16.3. The fourth-order valence-electron chi connectivity index (χ4n) is 3.00. The van der Waals surface area contributed by atoms with Crippen LogP contribution in [0.2, 0.25) is 0 Å². The number of sulfonamides is 1. The summed E-state index contributed by atoms with van der Waals surface area (Å²) in [5, 5.41) is 11.6. The van der Waals surface area contributed by atoms with Crippen LogP contribution in [0, 0.1) is 17.2 Å². The Bertz CT molecular complexity index is 808. The summed E-state index contributed by atoms with van der Waals surface area (Å²) in [4.78, 5) is 24.3. The third kappa shape index (κ3) is 5.56. The smallest absolute Gasteiger partial charge is 0.255 e. The molecule has 2 rings (SSSR count). The van der Waals surface area contributed by atoms with Crippen molar-refractivity contribution in [2.75, 3.05) is 0 Å². The molecule has 0 heterocycles. The van der Waals surface area contributed by atoms with Gasteiger partial charge >= 0.3 is 0 Å². The molecule has 1 atom stereocenters. The lowest BCUT2D eigenvalue weighted by Crippen LogP contribution is -2.48. The summed E-state index contributed by atoms with van der Waals surface area (Å²) < 4.78 is 26.4. The van der Waals surface area contributed by atoms with E-state index in [0.717, 1.165) is 32.1 Å². The Morgan fingerprint density at radius 1 is 1.23 bits per heavy atom. The lowest BCUT2D eigenvalue weighted by atomic mass is 9.88. The summed E-state index contributed by atoms with van der Waals surface area (Å²) in [6.45, 7) is 1.45. The van der Waals surface area contributed by atoms with Crippen LogP contribution in [-0.2, 0) is 25.4 Å². The van der Waals surface area contributed by atoms with E-state index < -0.39 is 27.7 Å². The molecule has 2 amide bonds. The molecule has 1 unspecified atom stereocenters. The van der Waals surface area contributed by atoms with Gasteiger partial charge in [0.05, 0.1) is 17.4 Å². The Kier molecular flexibility index (Phi) is 6.75. The number of carbonyl (C=O) groups excluding carboxylic acids is 2. The van der Waals surface area contributed by atoms with Gasteiger partial charge in [-0.25, -0.2) is 8.42 Å². The number of amides is 2. The summed E-state index contributed by atoms with van der Waals surface area (Å²) in [6.07, 6.45) is 4.69. The van der Waals surface area contributed by atoms with Gasteiger partial charge in [-0.1, -0.05) is 37.5 Å². The van der Waals surface area contributed by atoms with E-state index in [0.29, 0.717) is 5.56 Å². The number of nitrogens with one attached hydrogen (secondary N) is 2. The Morgan fingerprint density at radius 2 is 1.88 bits per heavy atom. The quantitative estimate of drug-likeness (QED) is 0.781. The fourth-order valence-corrected chi connectivity index (χ4v) is 4.22. The van der Waals surface area contributed by atoms with Crippen LogP contribution < -0.4 is 10.0 Å². The molecule has 2 N–H and O–H groups in total. The van der Waals surface area contributed by atoms with Crippen LogP contribution in [0.4, 0.5) is 0 Å². The number of hydrogen-bond donors (Lipinski definition) is 2. The molecule has 0 aromatic heterocycles. The molecule has 1 aliphatic rings. The van der Waals surface area contributed by atoms with E-state index in [-0.39, 0.29) is 17.4 Å². The number of hydrogen-bond acceptors (Lipinski definition) is 5. The van der Waals surface area contributed by atoms with Gasteiger partial charge in [-0.15, -0.1) is 0 Å². The van der Waals surface area contributed by atoms with Gasteiger partial charge in [0.2, 0.25) is 15.9 Å². The average Bonchev–Trinajstić information content (AvgIpc) is 2.62. The Balaban J connectivity index is 1.94. The zero-order valence-corrected chi connectivity index (χ0v) is 15.5. The monoisotopic (exact) mass is 377 g/mol. The van der Waals surface area contributed by atoms with Crippen molar-refractivity contribution in [2.45, 2.75) is 50.8 Å². The van der Waals surface area contributed by atoms with Crippen molar-refractivity contribution in [3.05, 3.63) is 35.4 Å². The maximum absolute atomic E-state index is 12.2. The van der Waals surface area contributed by atoms with Crippen molar-refractivity contribution in [1.29, 1.82) is 5.26 Å². The first-order chi connectivity index (χ1) is 12.3. The Hall–Kier alpha value is -2.40. The molecule has 1 fully saturated rings. The first kappa shape index (κ1) is 19.9. The van der Waals surface area contributed by atoms with Gasteiger partial charge in [0.1, 0.15) is 6.04 Å². The van der Waals surface area contributed by atoms with Crippen LogP contribution in [0.5, 0.6) is 0 Å². The maximum Gasteiger partial charge on any atom is 0.255 e. The molecule has 1 aromatic rings. The van der Waals surface area contributed by atoms with Gasteiger partial charge in [0, 0.05) is 5.92 Å². The molecule has 0 spiro atoms. The molecule has 26 heavy (non-hydrogen) atoms. The highest BCUT2D eigenvalue weighted by Gasteiger charge is 2.26. The van der Waals surface area contributed by atoms with Gasteiger partial charge < -0.3 is 5.32 Å². The first-order valence-electron chi connectivity index (χ1n) is 8.65. The minimum absolute atomic E-state index is 0.113. The molecular formula is C18H23N3O4S. The zero-order chi connectivity index (χ0) is 19.2. The lowest BCUT2D eigenvalue weighted by molar-refractivity contribution is -0.130. The van der Waals surface area contributed by atoms with Crippen molar-refractivity contribution >= 4 is 21.8 Å². The number of carbonyl (C=O) groups is 2. The lowest BCUT2D eigenvalue weighted by Gasteiger charge is -2.22. The van der Waals surface area contributed by atoms with Gasteiger partial charge in [-0.2, -0.15) is 5.26 Å². The molecule has 140 valence electrons. The standard InChI is InChI=1S/C18H23N3O4S/c1-13(20-18(23)14-7-3-2-4-8-14)17(22)21-26(24,25)12-16-10-6-5-9-15(16)11-19/h5-6,9-10,13-14H,2-4,7-8,12H2,1H3,(H,20,23)(H,21,22). The van der Waals surface area contributed by atoms with E-state index in [4.69, 9.17) is 5.26 Å². The van der Waals surface area contributed by atoms with Crippen molar-refractivity contribution in [3.63, 3.8) is 0 Å². The second-order valence-corrected chi connectivity index (χ2v) is 8.28. The third-order valence-electron chi connectivity index (χ3n) is 4.47. The highest BCUT2D eigenvalue weighted by Crippen LogP contribution is 2.23. The van der Waals surface area contributed by atoms with E-state index in [1.54, 1.807) is 12.1 Å². The molecule has 0 bridgehead atoms. The number of nitrogens with zero attached hydrogens (tertiary/aromatic N) is 1. The SMILES string of the molecule is CC(NC(=O)C1CCCCC1)C(=O)NS(=O)(=O)Cc1ccccc1C#N. The van der Waals surface area contributed by atoms with Crippen molar-refractivity contribution in [2.24, 2.45) is 5.92 Å². The zero-order valence-electron chi connectivity index (χ0n) is 14.7.